The number of benzene rings is 10. The number of hydrogen-bond donors (Lipinski definition) is 6. The van der Waals surface area contributed by atoms with Gasteiger partial charge in [-0.3, -0.25) is 24.3 Å². The molecule has 2 saturated heterocycles. The number of rotatable bonds is 13. The molecule has 21 heteroatoms. The largest absolute Gasteiger partial charge is 0.480 e. The number of carboxylic acid groups (broad SMARTS) is 2. The third-order valence-electron chi connectivity index (χ3n) is 24.5. The van der Waals surface area contributed by atoms with Gasteiger partial charge < -0.3 is 36.4 Å². The Bertz CT molecular complexity index is 5270. The molecule has 5 saturated carbocycles. The van der Waals surface area contributed by atoms with Crippen molar-refractivity contribution in [1.82, 2.24) is 0 Å². The van der Waals surface area contributed by atoms with Crippen LogP contribution in [0.3, 0.4) is 0 Å². The fraction of sp³-hybridized carbons (Fsp3) is 0.356. The minimum absolute atomic E-state index is 0.0839. The van der Waals surface area contributed by atoms with Gasteiger partial charge in [-0.15, -0.1) is 0 Å². The molecule has 7 fully saturated rings. The number of halogens is 2. The van der Waals surface area contributed by atoms with Gasteiger partial charge in [0.15, 0.2) is 5.72 Å². The molecule has 7 aliphatic rings. The van der Waals surface area contributed by atoms with Gasteiger partial charge in [0, 0.05) is 42.0 Å². The molecule has 0 radical (unpaired) electrons. The minimum Gasteiger partial charge on any atom is -0.480 e. The topological polar surface area (TPSA) is 265 Å². The van der Waals surface area contributed by atoms with Crippen molar-refractivity contribution >= 4 is 120 Å². The third-order valence-corrected chi connectivity index (χ3v) is 25.7. The molecular formula is C104H120BrIN8O11. The number of hydrogen-bond acceptors (Lipinski definition) is 13. The first-order valence-corrected chi connectivity index (χ1v) is 45.1. The van der Waals surface area contributed by atoms with E-state index in [9.17, 15) is 43.8 Å². The molecule has 5 amide bonds. The number of carbonyl (C=O) groups is 6. The van der Waals surface area contributed by atoms with Gasteiger partial charge in [0.05, 0.1) is 18.5 Å². The van der Waals surface area contributed by atoms with Gasteiger partial charge in [-0.1, -0.05) is 269 Å². The molecule has 2 aliphatic heterocycles. The van der Waals surface area contributed by atoms with Gasteiger partial charge >= 0.3 is 30.0 Å². The molecule has 10 aromatic rings. The number of carboxylic acids is 2. The lowest BCUT2D eigenvalue weighted by molar-refractivity contribution is -0.146. The van der Waals surface area contributed by atoms with Crippen molar-refractivity contribution < 1.29 is 53.6 Å². The Morgan fingerprint density at radius 1 is 0.424 bits per heavy atom. The maximum atomic E-state index is 14.2. The first kappa shape index (κ1) is 96.1. The number of nitrogens with two attached hydrogens (primary N) is 1. The number of ether oxygens (including phenoxy) is 1. The summed E-state index contributed by atoms with van der Waals surface area (Å²) in [4.78, 5) is 94.3. The lowest BCUT2D eigenvalue weighted by Gasteiger charge is -2.45. The van der Waals surface area contributed by atoms with Crippen LogP contribution in [0, 0.1) is 72.8 Å². The van der Waals surface area contributed by atoms with Crippen molar-refractivity contribution in [3.8, 4) is 0 Å². The highest BCUT2D eigenvalue weighted by Gasteiger charge is 2.69. The van der Waals surface area contributed by atoms with Crippen molar-refractivity contribution in [2.45, 2.75) is 231 Å². The van der Waals surface area contributed by atoms with Gasteiger partial charge in [0.1, 0.15) is 27.7 Å². The SMILES string of the molecule is COC(=O)C1(Nc2ccc(C)cc2)CCCC1.Cc1ccc(I)cc1.Cc1ccc(N2C(=O)N(c3ccc(C)cc3)C(O)(c3cccc(C)c3)C23CCCC3)cc1.Cc1ccc(N2C(=O)N(c3ccc(C)cc3)C3(CCCC3)C2=O)cc1.Cc1ccc(N=C=O)cc1.Cc1ccc(NC2(C(=O)O)CCCC2)cc1.Cc1cccc(Br)c1.NC1(C(=O)O)CCCC1. The van der Waals surface area contributed by atoms with Crippen LogP contribution in [-0.2, 0) is 34.4 Å². The van der Waals surface area contributed by atoms with E-state index >= 15 is 0 Å². The Morgan fingerprint density at radius 3 is 1.17 bits per heavy atom. The number of nitrogens with zero attached hydrogens (tertiary/aromatic N) is 5. The number of methoxy groups -OCH3 is 1. The number of imide groups is 1. The fourth-order valence-electron chi connectivity index (χ4n) is 17.4. The zero-order chi connectivity index (χ0) is 90.3. The van der Waals surface area contributed by atoms with Crippen LogP contribution in [0.25, 0.3) is 0 Å². The van der Waals surface area contributed by atoms with E-state index in [-0.39, 0.29) is 23.9 Å². The highest BCUT2D eigenvalue weighted by atomic mass is 127. The van der Waals surface area contributed by atoms with E-state index in [1.807, 2.05) is 247 Å². The van der Waals surface area contributed by atoms with E-state index in [1.54, 1.807) is 21.9 Å². The molecule has 10 aromatic carbocycles. The number of aliphatic imine (C=N–C) groups is 1. The number of aliphatic carboxylic acids is 2. The van der Waals surface area contributed by atoms with E-state index in [4.69, 9.17) is 15.6 Å². The molecule has 0 aromatic heterocycles. The van der Waals surface area contributed by atoms with Crippen molar-refractivity contribution in [1.29, 1.82) is 0 Å². The molecule has 17 rings (SSSR count). The highest BCUT2D eigenvalue weighted by molar-refractivity contribution is 14.1. The average molecular weight is 1860 g/mol. The van der Waals surface area contributed by atoms with Crippen molar-refractivity contribution in [2.24, 2.45) is 10.7 Å². The number of aryl methyl sites for hydroxylation is 10. The first-order valence-electron chi connectivity index (χ1n) is 43.3. The molecule has 1 unspecified atom stereocenters. The predicted octanol–water partition coefficient (Wildman–Crippen LogP) is 24.2. The summed E-state index contributed by atoms with van der Waals surface area (Å²) < 4.78 is 7.38. The number of urea groups is 2. The van der Waals surface area contributed by atoms with Crippen LogP contribution >= 0.6 is 38.5 Å². The van der Waals surface area contributed by atoms with E-state index in [1.165, 1.54) is 43.9 Å². The van der Waals surface area contributed by atoms with E-state index in [2.05, 4.69) is 111 Å². The Balaban J connectivity index is 0.000000157. The number of aliphatic hydroxyl groups is 1. The molecule has 2 spiro atoms. The van der Waals surface area contributed by atoms with Crippen LogP contribution in [0.5, 0.6) is 0 Å². The maximum Gasteiger partial charge on any atom is 0.336 e. The molecule has 19 nitrogen and oxygen atoms in total. The summed E-state index contributed by atoms with van der Waals surface area (Å²) in [7, 11) is 1.46. The van der Waals surface area contributed by atoms with Crippen molar-refractivity contribution in [3.63, 3.8) is 0 Å². The lowest BCUT2D eigenvalue weighted by Crippen LogP contribution is -2.58. The molecular weight excluding hydrogens is 1740 g/mol. The summed E-state index contributed by atoms with van der Waals surface area (Å²) in [6, 6.07) is 78.9. The van der Waals surface area contributed by atoms with Crippen LogP contribution in [-0.4, -0.2) is 92.1 Å². The molecule has 125 heavy (non-hydrogen) atoms. The Morgan fingerprint density at radius 2 is 0.784 bits per heavy atom. The average Bonchev–Trinajstić information content (AvgIpc) is 1.94. The van der Waals surface area contributed by atoms with E-state index in [0.29, 0.717) is 29.9 Å². The monoisotopic (exact) mass is 1860 g/mol. The molecule has 2 heterocycles. The van der Waals surface area contributed by atoms with Crippen LogP contribution in [0.1, 0.15) is 190 Å². The second-order valence-corrected chi connectivity index (χ2v) is 36.4. The second kappa shape index (κ2) is 43.7. The molecule has 7 N–H and O–H groups in total. The van der Waals surface area contributed by atoms with E-state index < -0.39 is 45.4 Å². The second-order valence-electron chi connectivity index (χ2n) is 34.2. The van der Waals surface area contributed by atoms with Gasteiger partial charge in [0.2, 0.25) is 6.08 Å². The Labute approximate surface area is 759 Å². The molecule has 0 bridgehead atoms. The quantitative estimate of drug-likeness (QED) is 0.0206. The number of isocyanates is 1. The van der Waals surface area contributed by atoms with E-state index in [0.717, 1.165) is 182 Å². The van der Waals surface area contributed by atoms with Crippen LogP contribution in [0.2, 0.25) is 0 Å². The summed E-state index contributed by atoms with van der Waals surface area (Å²) in [6.45, 7) is 20.3. The zero-order valence-corrected chi connectivity index (χ0v) is 77.7. The van der Waals surface area contributed by atoms with Crippen molar-refractivity contribution in [2.75, 3.05) is 37.3 Å². The highest BCUT2D eigenvalue weighted by Crippen LogP contribution is 2.58. The number of anilines is 6. The standard InChI is InChI=1S/C28H30N2O2.C21H22N2O2.C14H19NO2.C13H17NO2.C8H7NO.C7H7Br.C7H7I.C6H11NO2/c1-20-9-13-24(14-10-20)29-26(31)30(25-15-11-21(2)12-16-25)28(32,27(29)17-4-5-18-27)23-8-6-7-22(3)19-23;1-15-5-9-17(10-6-15)22-19(24)21(13-3-4-14-21)23(20(22)25)18-11-7-16(2)8-12-18;1-11-5-7-12(8-6-11)15-14(13(16)17-2)9-3-4-10-14;1-10-4-6-11(7-5-10)14-13(12(15)16)8-2-3-9-13;1-7-2-4-8(5-3-7)9-6-10;1-6-3-2-4-7(8)5-6;1-6-2-4-7(8)5-3-6;7-6(5(8)9)3-1-2-4-6/h6-16,19,32H,4-5,17-18H2,1-3H3;5-12H,3-4,13-14H2,1-2H3;5-8,15H,3-4,9-10H2,1-2H3;4-7,14H,2-3,8-9H2,1H3,(H,15,16);2-5H,1H3;2*2-5H,1H3;1-4,7H2,(H,8,9). The zero-order valence-electron chi connectivity index (χ0n) is 73.9. The number of amides is 5. The molecule has 1 atom stereocenters. The van der Waals surface area contributed by atoms with Crippen LogP contribution in [0.15, 0.2) is 252 Å². The minimum atomic E-state index is -1.48. The number of esters is 1. The smallest absolute Gasteiger partial charge is 0.336 e. The summed E-state index contributed by atoms with van der Waals surface area (Å²) in [6.07, 6.45) is 18.8. The van der Waals surface area contributed by atoms with Gasteiger partial charge in [0.25, 0.3) is 5.91 Å². The maximum absolute atomic E-state index is 14.2. The molecule has 656 valence electrons. The summed E-state index contributed by atoms with van der Waals surface area (Å²) in [5.41, 5.74) is 18.5. The fourth-order valence-corrected chi connectivity index (χ4v) is 18.3. The van der Waals surface area contributed by atoms with Gasteiger partial charge in [-0.05, 0) is 265 Å². The van der Waals surface area contributed by atoms with Crippen LogP contribution in [0.4, 0.5) is 49.4 Å². The number of nitrogens with one attached hydrogen (secondary N) is 2. The normalized spacial score (nSPS) is 17.9. The summed E-state index contributed by atoms with van der Waals surface area (Å²) in [5, 5.41) is 37.1. The first-order chi connectivity index (χ1) is 59.7. The Hall–Kier alpha value is -11.1. The summed E-state index contributed by atoms with van der Waals surface area (Å²) >= 11 is 5.66. The Kier molecular flexibility index (Phi) is 33.6. The summed E-state index contributed by atoms with van der Waals surface area (Å²) in [5.74, 6) is -1.81. The third kappa shape index (κ3) is 23.7. The predicted molar refractivity (Wildman–Crippen MR) is 514 cm³/mol. The lowest BCUT2D eigenvalue weighted by atomic mass is 9.78. The van der Waals surface area contributed by atoms with Gasteiger partial charge in [-0.2, -0.15) is 4.99 Å². The molecule has 5 aliphatic carbocycles. The van der Waals surface area contributed by atoms with Gasteiger partial charge in [-0.25, -0.2) is 28.9 Å². The van der Waals surface area contributed by atoms with Crippen LogP contribution < -0.4 is 36.0 Å². The number of carbonyl (C=O) groups excluding carboxylic acids is 5. The van der Waals surface area contributed by atoms with Crippen molar-refractivity contribution in [3.05, 3.63) is 312 Å².